The topological polar surface area (TPSA) is 53.9 Å². The van der Waals surface area contributed by atoms with Crippen LogP contribution in [0.25, 0.3) is 33.1 Å². The molecular weight excluding hydrogens is 302 g/mol. The summed E-state index contributed by atoms with van der Waals surface area (Å²) in [4.78, 5) is 12.8. The molecule has 3 heterocycles. The molecule has 0 aliphatic carbocycles. The molecule has 0 amide bonds. The molecular formula is C19H17N3O2. The van der Waals surface area contributed by atoms with E-state index >= 15 is 0 Å². The Bertz CT molecular complexity index is 1150. The maximum Gasteiger partial charge on any atom is 0.259 e. The number of aromatic nitrogens is 3. The lowest BCUT2D eigenvalue weighted by atomic mass is 10.1. The zero-order valence-corrected chi connectivity index (χ0v) is 13.8. The van der Waals surface area contributed by atoms with Gasteiger partial charge in [0, 0.05) is 42.6 Å². The number of hydrogen-bond donors (Lipinski definition) is 0. The monoisotopic (exact) mass is 319 g/mol. The van der Waals surface area contributed by atoms with Gasteiger partial charge in [-0.15, -0.1) is 0 Å². The van der Waals surface area contributed by atoms with E-state index in [4.69, 9.17) is 0 Å². The molecule has 4 aromatic rings. The highest BCUT2D eigenvalue weighted by Gasteiger charge is 2.16. The summed E-state index contributed by atoms with van der Waals surface area (Å²) in [6.07, 6.45) is 2.82. The van der Waals surface area contributed by atoms with E-state index in [0.29, 0.717) is 10.3 Å². The van der Waals surface area contributed by atoms with E-state index in [-0.39, 0.29) is 5.56 Å². The van der Waals surface area contributed by atoms with Gasteiger partial charge in [-0.05, 0) is 30.7 Å². The molecule has 5 heteroatoms. The zero-order chi connectivity index (χ0) is 17.0. The Morgan fingerprint density at radius 2 is 1.67 bits per heavy atom. The van der Waals surface area contributed by atoms with E-state index < -0.39 is 0 Å². The number of aryl methyl sites for hydroxylation is 3. The minimum absolute atomic E-state index is 0.0752. The van der Waals surface area contributed by atoms with Gasteiger partial charge >= 0.3 is 0 Å². The summed E-state index contributed by atoms with van der Waals surface area (Å²) < 4.78 is 4.44. The summed E-state index contributed by atoms with van der Waals surface area (Å²) in [5, 5.41) is 13.4. The maximum absolute atomic E-state index is 12.8. The number of hydrogen-bond acceptors (Lipinski definition) is 2. The van der Waals surface area contributed by atoms with Crippen LogP contribution < -0.4 is 10.3 Å². The number of fused-ring (bicyclic) bond motifs is 3. The molecule has 5 nitrogen and oxygen atoms in total. The second kappa shape index (κ2) is 4.96. The fraction of sp³-hybridized carbons (Fsp3) is 0.158. The van der Waals surface area contributed by atoms with Crippen LogP contribution in [0, 0.1) is 12.1 Å². The first-order chi connectivity index (χ1) is 11.5. The molecule has 4 rings (SSSR count). The Labute approximate surface area is 138 Å². The number of pyridine rings is 2. The van der Waals surface area contributed by atoms with E-state index in [1.807, 2.05) is 17.7 Å². The van der Waals surface area contributed by atoms with E-state index in [2.05, 4.69) is 25.1 Å². The third kappa shape index (κ3) is 1.94. The summed E-state index contributed by atoms with van der Waals surface area (Å²) in [5.41, 5.74) is 4.42. The smallest absolute Gasteiger partial charge is 0.259 e. The molecule has 3 aromatic heterocycles. The summed E-state index contributed by atoms with van der Waals surface area (Å²) in [6, 6.07) is 11.6. The van der Waals surface area contributed by atoms with Crippen LogP contribution in [0.1, 0.15) is 5.56 Å². The van der Waals surface area contributed by atoms with Crippen LogP contribution in [-0.4, -0.2) is 9.13 Å². The molecule has 0 aliphatic heterocycles. The van der Waals surface area contributed by atoms with Crippen molar-refractivity contribution in [2.45, 2.75) is 6.92 Å². The van der Waals surface area contributed by atoms with Gasteiger partial charge in [0.25, 0.3) is 5.56 Å². The van der Waals surface area contributed by atoms with Crippen LogP contribution in [0.5, 0.6) is 0 Å². The van der Waals surface area contributed by atoms with Gasteiger partial charge in [0.1, 0.15) is 5.65 Å². The molecule has 120 valence electrons. The van der Waals surface area contributed by atoms with E-state index in [9.17, 15) is 10.0 Å². The average molecular weight is 319 g/mol. The normalized spacial score (nSPS) is 11.5. The molecule has 0 spiro atoms. The highest BCUT2D eigenvalue weighted by atomic mass is 16.5. The Kier molecular flexibility index (Phi) is 3.00. The van der Waals surface area contributed by atoms with Gasteiger partial charge in [-0.2, -0.15) is 4.73 Å². The molecule has 0 unspecified atom stereocenters. The fourth-order valence-electron chi connectivity index (χ4n) is 3.40. The Morgan fingerprint density at radius 3 is 2.38 bits per heavy atom. The zero-order valence-electron chi connectivity index (χ0n) is 13.8. The van der Waals surface area contributed by atoms with Crippen LogP contribution in [0.3, 0.4) is 0 Å². The van der Waals surface area contributed by atoms with Crippen LogP contribution >= 0.6 is 0 Å². The van der Waals surface area contributed by atoms with Gasteiger partial charge in [-0.25, -0.2) is 0 Å². The third-order valence-electron chi connectivity index (χ3n) is 4.62. The van der Waals surface area contributed by atoms with Crippen molar-refractivity contribution in [1.29, 1.82) is 0 Å². The van der Waals surface area contributed by atoms with Crippen molar-refractivity contribution in [3.63, 3.8) is 0 Å². The lowest BCUT2D eigenvalue weighted by Gasteiger charge is -2.08. The number of rotatable bonds is 1. The van der Waals surface area contributed by atoms with Crippen molar-refractivity contribution < 1.29 is 4.73 Å². The summed E-state index contributed by atoms with van der Waals surface area (Å²) in [7, 11) is 3.76. The van der Waals surface area contributed by atoms with Gasteiger partial charge in [0.05, 0.1) is 5.52 Å². The second-order valence-corrected chi connectivity index (χ2v) is 6.19. The highest BCUT2D eigenvalue weighted by Crippen LogP contribution is 2.30. The molecule has 1 aromatic carbocycles. The third-order valence-corrected chi connectivity index (χ3v) is 4.62. The predicted molar refractivity (Wildman–Crippen MR) is 94.8 cm³/mol. The first kappa shape index (κ1) is 14.5. The molecule has 24 heavy (non-hydrogen) atoms. The van der Waals surface area contributed by atoms with Crippen molar-refractivity contribution >= 4 is 21.9 Å². The summed E-state index contributed by atoms with van der Waals surface area (Å²) >= 11 is 0. The molecule has 0 N–H and O–H groups in total. The second-order valence-electron chi connectivity index (χ2n) is 6.19. The lowest BCUT2D eigenvalue weighted by Crippen LogP contribution is -2.24. The fourth-order valence-corrected chi connectivity index (χ4v) is 3.40. The first-order valence-corrected chi connectivity index (χ1v) is 7.75. The average Bonchev–Trinajstić information content (AvgIpc) is 2.84. The highest BCUT2D eigenvalue weighted by molar-refractivity contribution is 6.08. The van der Waals surface area contributed by atoms with Gasteiger partial charge in [0.15, 0.2) is 12.4 Å². The summed E-state index contributed by atoms with van der Waals surface area (Å²) in [6.45, 7) is 2.06. The van der Waals surface area contributed by atoms with E-state index in [1.165, 1.54) is 18.0 Å². The first-order valence-electron chi connectivity index (χ1n) is 7.75. The van der Waals surface area contributed by atoms with Crippen molar-refractivity contribution in [3.8, 4) is 11.1 Å². The summed E-state index contributed by atoms with van der Waals surface area (Å²) in [5.74, 6) is 0. The van der Waals surface area contributed by atoms with Gasteiger partial charge in [-0.3, -0.25) is 9.36 Å². The lowest BCUT2D eigenvalue weighted by molar-refractivity contribution is -0.605. The van der Waals surface area contributed by atoms with Crippen LogP contribution in [-0.2, 0) is 14.1 Å². The predicted octanol–water partition coefficient (Wildman–Crippen LogP) is 2.64. The number of nitrogens with zero attached hydrogens (tertiary/aromatic N) is 3. The maximum atomic E-state index is 12.8. The SMILES string of the molecule is Cc1ccc2c(c1)c1cc(-c3cc[n+]([O-])cc3)c(=O)n(C)c1n2C. The molecule has 0 radical (unpaired) electrons. The van der Waals surface area contributed by atoms with Crippen molar-refractivity contribution in [2.24, 2.45) is 14.1 Å². The largest absolute Gasteiger partial charge is 0.619 e. The van der Waals surface area contributed by atoms with Gasteiger partial charge in [0.2, 0.25) is 0 Å². The Balaban J connectivity index is 2.16. The Hall–Kier alpha value is -3.08. The van der Waals surface area contributed by atoms with Crippen LogP contribution in [0.4, 0.5) is 0 Å². The molecule has 0 saturated carbocycles. The van der Waals surface area contributed by atoms with Crippen molar-refractivity contribution in [1.82, 2.24) is 9.13 Å². The molecule has 0 atom stereocenters. The van der Waals surface area contributed by atoms with Crippen LogP contribution in [0.15, 0.2) is 53.6 Å². The minimum Gasteiger partial charge on any atom is -0.619 e. The molecule has 0 fully saturated rings. The van der Waals surface area contributed by atoms with E-state index in [0.717, 1.165) is 27.5 Å². The Morgan fingerprint density at radius 1 is 0.958 bits per heavy atom. The van der Waals surface area contributed by atoms with Gasteiger partial charge < -0.3 is 9.77 Å². The molecule has 0 aliphatic rings. The molecule has 0 bridgehead atoms. The quantitative estimate of drug-likeness (QED) is 0.400. The van der Waals surface area contributed by atoms with Crippen molar-refractivity contribution in [2.75, 3.05) is 0 Å². The van der Waals surface area contributed by atoms with Crippen LogP contribution in [0.2, 0.25) is 0 Å². The molecule has 0 saturated heterocycles. The van der Waals surface area contributed by atoms with Crippen molar-refractivity contribution in [3.05, 3.63) is 69.9 Å². The van der Waals surface area contributed by atoms with E-state index in [1.54, 1.807) is 23.7 Å². The number of benzene rings is 1. The minimum atomic E-state index is -0.0752. The van der Waals surface area contributed by atoms with Gasteiger partial charge in [-0.1, -0.05) is 11.6 Å². The standard InChI is InChI=1S/C19H17N3O2/c1-12-4-5-17-15(10-12)16-11-14(13-6-8-22(24)9-7-13)19(23)21(3)18(16)20(17)2/h4-11H,1-3H3.